The van der Waals surface area contributed by atoms with Crippen LogP contribution in [-0.4, -0.2) is 50.8 Å². The number of carbonyl (C=O) groups excluding carboxylic acids is 2. The van der Waals surface area contributed by atoms with E-state index in [0.717, 1.165) is 0 Å². The normalized spacial score (nSPS) is 11.4. The first-order valence-corrected chi connectivity index (χ1v) is 11.2. The van der Waals surface area contributed by atoms with Crippen LogP contribution < -0.4 is 4.74 Å². The SMILES string of the molecule is CCN(CC)S(=O)(=O)c1cc(C(=O)OCCOc2ccccc2C(C)=O)ccc1Cl. The van der Waals surface area contributed by atoms with Crippen molar-refractivity contribution in [2.75, 3.05) is 26.3 Å². The van der Waals surface area contributed by atoms with Crippen LogP contribution in [0.5, 0.6) is 5.75 Å². The van der Waals surface area contributed by atoms with Crippen LogP contribution in [0.25, 0.3) is 0 Å². The van der Waals surface area contributed by atoms with Gasteiger partial charge in [-0.2, -0.15) is 4.31 Å². The number of halogens is 1. The van der Waals surface area contributed by atoms with Crippen LogP contribution in [0.2, 0.25) is 5.02 Å². The molecule has 2 aromatic rings. The summed E-state index contributed by atoms with van der Waals surface area (Å²) in [5.74, 6) is -0.433. The number of ether oxygens (including phenoxy) is 2. The van der Waals surface area contributed by atoms with E-state index in [-0.39, 0.29) is 47.6 Å². The summed E-state index contributed by atoms with van der Waals surface area (Å²) in [4.78, 5) is 23.8. The second kappa shape index (κ2) is 10.6. The fourth-order valence-corrected chi connectivity index (χ4v) is 4.74. The molecule has 0 aliphatic heterocycles. The summed E-state index contributed by atoms with van der Waals surface area (Å²) in [6.07, 6.45) is 0. The lowest BCUT2D eigenvalue weighted by Crippen LogP contribution is -2.31. The van der Waals surface area contributed by atoms with Crippen molar-refractivity contribution in [3.05, 3.63) is 58.6 Å². The summed E-state index contributed by atoms with van der Waals surface area (Å²) in [5.41, 5.74) is 0.502. The highest BCUT2D eigenvalue weighted by Gasteiger charge is 2.25. The molecular formula is C21H24ClNO6S. The van der Waals surface area contributed by atoms with Gasteiger partial charge in [0.05, 0.1) is 16.1 Å². The summed E-state index contributed by atoms with van der Waals surface area (Å²) in [6.45, 7) is 5.40. The maximum absolute atomic E-state index is 12.7. The van der Waals surface area contributed by atoms with Crippen LogP contribution in [0.3, 0.4) is 0 Å². The van der Waals surface area contributed by atoms with Crippen molar-refractivity contribution < 1.29 is 27.5 Å². The van der Waals surface area contributed by atoms with Crippen molar-refractivity contribution in [1.29, 1.82) is 0 Å². The highest BCUT2D eigenvalue weighted by atomic mass is 35.5. The Balaban J connectivity index is 2.06. The molecule has 0 spiro atoms. The molecule has 0 fully saturated rings. The zero-order valence-corrected chi connectivity index (χ0v) is 18.6. The lowest BCUT2D eigenvalue weighted by Gasteiger charge is -2.19. The third kappa shape index (κ3) is 5.59. The predicted octanol–water partition coefficient (Wildman–Crippen LogP) is 3.81. The van der Waals surface area contributed by atoms with Gasteiger partial charge in [0.25, 0.3) is 0 Å². The highest BCUT2D eigenvalue weighted by Crippen LogP contribution is 2.26. The van der Waals surface area contributed by atoms with Crippen LogP contribution in [0.4, 0.5) is 0 Å². The Labute approximate surface area is 181 Å². The molecule has 0 amide bonds. The van der Waals surface area contributed by atoms with E-state index in [1.54, 1.807) is 38.1 Å². The van der Waals surface area contributed by atoms with E-state index in [9.17, 15) is 18.0 Å². The molecular weight excluding hydrogens is 430 g/mol. The van der Waals surface area contributed by atoms with Crippen molar-refractivity contribution >= 4 is 33.4 Å². The van der Waals surface area contributed by atoms with Gasteiger partial charge in [0, 0.05) is 13.1 Å². The Hall–Kier alpha value is -2.42. The molecule has 162 valence electrons. The van der Waals surface area contributed by atoms with Crippen molar-refractivity contribution in [1.82, 2.24) is 4.31 Å². The van der Waals surface area contributed by atoms with Crippen LogP contribution in [0.15, 0.2) is 47.4 Å². The highest BCUT2D eigenvalue weighted by molar-refractivity contribution is 7.89. The topological polar surface area (TPSA) is 90.0 Å². The number of Topliss-reactive ketones (excluding diaryl/α,β-unsaturated/α-hetero) is 1. The Morgan fingerprint density at radius 3 is 2.33 bits per heavy atom. The molecule has 30 heavy (non-hydrogen) atoms. The maximum Gasteiger partial charge on any atom is 0.338 e. The van der Waals surface area contributed by atoms with Gasteiger partial charge in [0.2, 0.25) is 10.0 Å². The number of rotatable bonds is 10. The number of para-hydroxylation sites is 1. The fraction of sp³-hybridized carbons (Fsp3) is 0.333. The van der Waals surface area contributed by atoms with Crippen LogP contribution in [-0.2, 0) is 14.8 Å². The minimum atomic E-state index is -3.83. The Morgan fingerprint density at radius 2 is 1.70 bits per heavy atom. The lowest BCUT2D eigenvalue weighted by atomic mass is 10.1. The molecule has 0 atom stereocenters. The van der Waals surface area contributed by atoms with Gasteiger partial charge in [0.1, 0.15) is 23.9 Å². The Bertz CT molecular complexity index is 1020. The van der Waals surface area contributed by atoms with Crippen LogP contribution >= 0.6 is 11.6 Å². The van der Waals surface area contributed by atoms with E-state index in [1.807, 2.05) is 0 Å². The number of esters is 1. The molecule has 9 heteroatoms. The second-order valence-electron chi connectivity index (χ2n) is 6.27. The average Bonchev–Trinajstić information content (AvgIpc) is 2.72. The molecule has 2 aromatic carbocycles. The summed E-state index contributed by atoms with van der Waals surface area (Å²) in [7, 11) is -3.83. The Kier molecular flexibility index (Phi) is 8.40. The molecule has 0 saturated carbocycles. The third-order valence-corrected chi connectivity index (χ3v) is 6.86. The number of carbonyl (C=O) groups is 2. The number of ketones is 1. The van der Waals surface area contributed by atoms with Gasteiger partial charge in [0.15, 0.2) is 5.78 Å². The zero-order valence-electron chi connectivity index (χ0n) is 17.1. The number of sulfonamides is 1. The monoisotopic (exact) mass is 453 g/mol. The van der Waals surface area contributed by atoms with Gasteiger partial charge in [-0.1, -0.05) is 37.6 Å². The largest absolute Gasteiger partial charge is 0.489 e. The molecule has 0 saturated heterocycles. The summed E-state index contributed by atoms with van der Waals surface area (Å²) < 4.78 is 37.4. The maximum atomic E-state index is 12.7. The van der Waals surface area contributed by atoms with Crippen molar-refractivity contribution in [2.45, 2.75) is 25.7 Å². The standard InChI is InChI=1S/C21H24ClNO6S/c1-4-23(5-2)30(26,27)20-14-16(10-11-18(20)22)21(25)29-13-12-28-19-9-7-6-8-17(19)15(3)24/h6-11,14H,4-5,12-13H2,1-3H3. The van der Waals surface area contributed by atoms with Gasteiger partial charge in [-0.3, -0.25) is 4.79 Å². The molecule has 0 aromatic heterocycles. The second-order valence-corrected chi connectivity index (χ2v) is 8.58. The van der Waals surface area contributed by atoms with Crippen molar-refractivity contribution in [2.24, 2.45) is 0 Å². The average molecular weight is 454 g/mol. The van der Waals surface area contributed by atoms with Gasteiger partial charge in [-0.15, -0.1) is 0 Å². The Morgan fingerprint density at radius 1 is 1.03 bits per heavy atom. The summed E-state index contributed by atoms with van der Waals surface area (Å²) in [6, 6.07) is 10.7. The van der Waals surface area contributed by atoms with Crippen LogP contribution in [0.1, 0.15) is 41.5 Å². The molecule has 7 nitrogen and oxygen atoms in total. The predicted molar refractivity (Wildman–Crippen MR) is 114 cm³/mol. The first-order valence-electron chi connectivity index (χ1n) is 9.41. The van der Waals surface area contributed by atoms with E-state index >= 15 is 0 Å². The molecule has 0 N–H and O–H groups in total. The third-order valence-electron chi connectivity index (χ3n) is 4.33. The van der Waals surface area contributed by atoms with E-state index in [1.165, 1.54) is 29.4 Å². The quantitative estimate of drug-likeness (QED) is 0.308. The van der Waals surface area contributed by atoms with E-state index in [0.29, 0.717) is 11.3 Å². The summed E-state index contributed by atoms with van der Waals surface area (Å²) in [5, 5.41) is 0.0302. The molecule has 0 bridgehead atoms. The first-order chi connectivity index (χ1) is 14.2. The van der Waals surface area contributed by atoms with Crippen molar-refractivity contribution in [3.8, 4) is 5.75 Å². The molecule has 0 heterocycles. The number of benzene rings is 2. The fourth-order valence-electron chi connectivity index (χ4n) is 2.78. The van der Waals surface area contributed by atoms with E-state index in [2.05, 4.69) is 0 Å². The molecule has 0 unspecified atom stereocenters. The van der Waals surface area contributed by atoms with E-state index in [4.69, 9.17) is 21.1 Å². The lowest BCUT2D eigenvalue weighted by molar-refractivity contribution is 0.0449. The van der Waals surface area contributed by atoms with Gasteiger partial charge < -0.3 is 9.47 Å². The van der Waals surface area contributed by atoms with Gasteiger partial charge in [-0.05, 0) is 37.3 Å². The van der Waals surface area contributed by atoms with Gasteiger partial charge >= 0.3 is 5.97 Å². The first kappa shape index (κ1) is 23.9. The van der Waals surface area contributed by atoms with Gasteiger partial charge in [-0.25, -0.2) is 13.2 Å². The molecule has 0 aliphatic rings. The number of hydrogen-bond donors (Lipinski definition) is 0. The minimum absolute atomic E-state index is 0.0302. The minimum Gasteiger partial charge on any atom is -0.489 e. The molecule has 0 aliphatic carbocycles. The smallest absolute Gasteiger partial charge is 0.338 e. The number of hydrogen-bond acceptors (Lipinski definition) is 6. The van der Waals surface area contributed by atoms with E-state index < -0.39 is 16.0 Å². The number of nitrogens with zero attached hydrogens (tertiary/aromatic N) is 1. The van der Waals surface area contributed by atoms with Crippen molar-refractivity contribution in [3.63, 3.8) is 0 Å². The zero-order chi connectivity index (χ0) is 22.3. The summed E-state index contributed by atoms with van der Waals surface area (Å²) >= 11 is 6.07. The molecule has 0 radical (unpaired) electrons. The molecule has 2 rings (SSSR count). The van der Waals surface area contributed by atoms with Crippen LogP contribution in [0, 0.1) is 0 Å².